The van der Waals surface area contributed by atoms with E-state index in [4.69, 9.17) is 11.6 Å². The molecule has 1 amide bonds. The third-order valence-corrected chi connectivity index (χ3v) is 3.16. The summed E-state index contributed by atoms with van der Waals surface area (Å²) in [6, 6.07) is 4.27. The van der Waals surface area contributed by atoms with E-state index in [2.05, 4.69) is 10.6 Å². The highest BCUT2D eigenvalue weighted by Crippen LogP contribution is 2.20. The van der Waals surface area contributed by atoms with Crippen LogP contribution in [0.15, 0.2) is 18.2 Å². The summed E-state index contributed by atoms with van der Waals surface area (Å²) < 4.78 is 13.2. The molecule has 2 N–H and O–H groups in total. The van der Waals surface area contributed by atoms with Crippen molar-refractivity contribution < 1.29 is 9.18 Å². The fourth-order valence-electron chi connectivity index (χ4n) is 1.89. The molecule has 0 unspecified atom stereocenters. The van der Waals surface area contributed by atoms with E-state index >= 15 is 0 Å². The maximum absolute atomic E-state index is 13.2. The van der Waals surface area contributed by atoms with E-state index in [1.54, 1.807) is 6.07 Å². The van der Waals surface area contributed by atoms with Crippen molar-refractivity contribution in [3.05, 3.63) is 29.0 Å². The van der Waals surface area contributed by atoms with Gasteiger partial charge in [-0.2, -0.15) is 0 Å². The Bertz CT molecular complexity index is 419. The van der Waals surface area contributed by atoms with Gasteiger partial charge in [-0.05, 0) is 37.6 Å². The summed E-state index contributed by atoms with van der Waals surface area (Å²) >= 11 is 5.57. The van der Waals surface area contributed by atoms with Gasteiger partial charge in [-0.3, -0.25) is 4.79 Å². The molecule has 0 aliphatic carbocycles. The second-order valence-electron chi connectivity index (χ2n) is 4.16. The first kappa shape index (κ1) is 12.3. The average molecular weight is 257 g/mol. The highest BCUT2D eigenvalue weighted by molar-refractivity contribution is 6.30. The number of hydrogen-bond acceptors (Lipinski definition) is 2. The van der Waals surface area contributed by atoms with Gasteiger partial charge in [0.25, 0.3) is 0 Å². The van der Waals surface area contributed by atoms with E-state index in [1.165, 1.54) is 12.1 Å². The van der Waals surface area contributed by atoms with Gasteiger partial charge in [-0.1, -0.05) is 11.6 Å². The van der Waals surface area contributed by atoms with Crippen LogP contribution in [0.1, 0.15) is 12.8 Å². The van der Waals surface area contributed by atoms with Gasteiger partial charge in [0.15, 0.2) is 0 Å². The maximum Gasteiger partial charge on any atom is 0.228 e. The van der Waals surface area contributed by atoms with Crippen LogP contribution in [0.3, 0.4) is 0 Å². The molecule has 0 bridgehead atoms. The lowest BCUT2D eigenvalue weighted by molar-refractivity contribution is -0.120. The normalized spacial score (nSPS) is 20.0. The largest absolute Gasteiger partial charge is 0.326 e. The fraction of sp³-hybridized carbons (Fsp3) is 0.417. The van der Waals surface area contributed by atoms with Crippen LogP contribution in [0.4, 0.5) is 10.1 Å². The third-order valence-electron chi connectivity index (χ3n) is 2.85. The first-order chi connectivity index (χ1) is 8.16. The maximum atomic E-state index is 13.2. The molecule has 3 nitrogen and oxygen atoms in total. The Labute approximate surface area is 104 Å². The zero-order chi connectivity index (χ0) is 12.3. The Hall–Kier alpha value is -1.13. The predicted molar refractivity (Wildman–Crippen MR) is 65.6 cm³/mol. The molecule has 2 rings (SSSR count). The number of amides is 1. The lowest BCUT2D eigenvalue weighted by atomic mass is 9.99. The van der Waals surface area contributed by atoms with E-state index < -0.39 is 5.82 Å². The monoisotopic (exact) mass is 256 g/mol. The highest BCUT2D eigenvalue weighted by atomic mass is 35.5. The summed E-state index contributed by atoms with van der Waals surface area (Å²) in [5.41, 5.74) is 0.447. The molecule has 1 fully saturated rings. The van der Waals surface area contributed by atoms with E-state index in [-0.39, 0.29) is 16.8 Å². The zero-order valence-corrected chi connectivity index (χ0v) is 10.1. The Morgan fingerprint density at radius 2 is 2.35 bits per heavy atom. The SMILES string of the molecule is O=C(Nc1ccc(Cl)c(F)c1)[C@@H]1CCCNC1. The minimum atomic E-state index is -0.522. The Morgan fingerprint density at radius 3 is 3.00 bits per heavy atom. The van der Waals surface area contributed by atoms with E-state index in [0.717, 1.165) is 19.4 Å². The van der Waals surface area contributed by atoms with Crippen molar-refractivity contribution in [3.63, 3.8) is 0 Å². The molecule has 0 spiro atoms. The molecular formula is C12H14ClFN2O. The number of carbonyl (C=O) groups is 1. The molecule has 5 heteroatoms. The Morgan fingerprint density at radius 1 is 1.53 bits per heavy atom. The smallest absolute Gasteiger partial charge is 0.228 e. The predicted octanol–water partition coefficient (Wildman–Crippen LogP) is 2.42. The van der Waals surface area contributed by atoms with Gasteiger partial charge in [0.2, 0.25) is 5.91 Å². The molecule has 1 aromatic carbocycles. The van der Waals surface area contributed by atoms with Crippen molar-refractivity contribution in [2.45, 2.75) is 12.8 Å². The summed E-state index contributed by atoms with van der Waals surface area (Å²) in [6.45, 7) is 1.64. The molecular weight excluding hydrogens is 243 g/mol. The Balaban J connectivity index is 1.99. The van der Waals surface area contributed by atoms with Crippen LogP contribution in [-0.2, 0) is 4.79 Å². The number of halogens is 2. The molecule has 0 radical (unpaired) electrons. The van der Waals surface area contributed by atoms with Gasteiger partial charge in [-0.25, -0.2) is 4.39 Å². The number of anilines is 1. The first-order valence-corrected chi connectivity index (χ1v) is 6.01. The third kappa shape index (κ3) is 3.17. The molecule has 1 aliphatic rings. The molecule has 1 saturated heterocycles. The van der Waals surface area contributed by atoms with Gasteiger partial charge in [0, 0.05) is 12.2 Å². The Kier molecular flexibility index (Phi) is 3.97. The lowest BCUT2D eigenvalue weighted by Crippen LogP contribution is -2.37. The van der Waals surface area contributed by atoms with Crippen molar-refractivity contribution in [3.8, 4) is 0 Å². The second kappa shape index (κ2) is 5.47. The molecule has 1 aromatic rings. The number of benzene rings is 1. The first-order valence-electron chi connectivity index (χ1n) is 5.63. The summed E-state index contributed by atoms with van der Waals surface area (Å²) in [7, 11) is 0. The van der Waals surface area contributed by atoms with Crippen LogP contribution in [0.5, 0.6) is 0 Å². The molecule has 0 saturated carbocycles. The van der Waals surface area contributed by atoms with E-state index in [1.807, 2.05) is 0 Å². The minimum Gasteiger partial charge on any atom is -0.326 e. The van der Waals surface area contributed by atoms with Gasteiger partial charge in [-0.15, -0.1) is 0 Å². The molecule has 1 atom stereocenters. The van der Waals surface area contributed by atoms with Crippen molar-refractivity contribution in [1.82, 2.24) is 5.32 Å². The number of piperidine rings is 1. The fourth-order valence-corrected chi connectivity index (χ4v) is 2.01. The van der Waals surface area contributed by atoms with Crippen molar-refractivity contribution in [1.29, 1.82) is 0 Å². The van der Waals surface area contributed by atoms with Crippen molar-refractivity contribution in [2.24, 2.45) is 5.92 Å². The van der Waals surface area contributed by atoms with Crippen LogP contribution in [0, 0.1) is 11.7 Å². The lowest BCUT2D eigenvalue weighted by Gasteiger charge is -2.21. The molecule has 1 aliphatic heterocycles. The standard InChI is InChI=1S/C12H14ClFN2O/c13-10-4-3-9(6-11(10)14)16-12(17)8-2-1-5-15-7-8/h3-4,6,8,15H,1-2,5,7H2,(H,16,17)/t8-/m1/s1. The number of carbonyl (C=O) groups excluding carboxylic acids is 1. The molecule has 1 heterocycles. The topological polar surface area (TPSA) is 41.1 Å². The summed E-state index contributed by atoms with van der Waals surface area (Å²) in [5, 5.41) is 5.93. The molecule has 0 aromatic heterocycles. The summed E-state index contributed by atoms with van der Waals surface area (Å²) in [5.74, 6) is -0.632. The zero-order valence-electron chi connectivity index (χ0n) is 9.30. The average Bonchev–Trinajstić information content (AvgIpc) is 2.35. The molecule has 17 heavy (non-hydrogen) atoms. The van der Waals surface area contributed by atoms with E-state index in [9.17, 15) is 9.18 Å². The number of hydrogen-bond donors (Lipinski definition) is 2. The van der Waals surface area contributed by atoms with Crippen LogP contribution >= 0.6 is 11.6 Å². The van der Waals surface area contributed by atoms with Crippen molar-refractivity contribution >= 4 is 23.2 Å². The quantitative estimate of drug-likeness (QED) is 0.853. The minimum absolute atomic E-state index is 0.0394. The van der Waals surface area contributed by atoms with Gasteiger partial charge in [0.05, 0.1) is 10.9 Å². The highest BCUT2D eigenvalue weighted by Gasteiger charge is 2.20. The second-order valence-corrected chi connectivity index (χ2v) is 4.57. The number of nitrogens with one attached hydrogen (secondary N) is 2. The summed E-state index contributed by atoms with van der Waals surface area (Å²) in [4.78, 5) is 11.9. The van der Waals surface area contributed by atoms with Crippen molar-refractivity contribution in [2.75, 3.05) is 18.4 Å². The van der Waals surface area contributed by atoms with Gasteiger partial charge in [0.1, 0.15) is 5.82 Å². The summed E-state index contributed by atoms with van der Waals surface area (Å²) in [6.07, 6.45) is 1.86. The number of rotatable bonds is 2. The van der Waals surface area contributed by atoms with Crippen LogP contribution in [0.2, 0.25) is 5.02 Å². The van der Waals surface area contributed by atoms with Gasteiger partial charge < -0.3 is 10.6 Å². The van der Waals surface area contributed by atoms with Crippen LogP contribution in [0.25, 0.3) is 0 Å². The van der Waals surface area contributed by atoms with Gasteiger partial charge >= 0.3 is 0 Å². The molecule has 92 valence electrons. The van der Waals surface area contributed by atoms with E-state index in [0.29, 0.717) is 12.2 Å². The van der Waals surface area contributed by atoms with Crippen LogP contribution < -0.4 is 10.6 Å². The van der Waals surface area contributed by atoms with Crippen LogP contribution in [-0.4, -0.2) is 19.0 Å².